The first-order valence-corrected chi connectivity index (χ1v) is 42.9. The second kappa shape index (κ2) is 39.6. The molecule has 127 heavy (non-hydrogen) atoms. The summed E-state index contributed by atoms with van der Waals surface area (Å²) in [5.41, 5.74) is 17.3. The molecule has 4 aliphatic carbocycles. The molecule has 4 aliphatic heterocycles. The van der Waals surface area contributed by atoms with Crippen molar-refractivity contribution in [1.29, 1.82) is 0 Å². The Balaban J connectivity index is 0.000000158. The van der Waals surface area contributed by atoms with E-state index in [1.165, 1.54) is 0 Å². The average molecular weight is 1760 g/mol. The summed E-state index contributed by atoms with van der Waals surface area (Å²) in [6, 6.07) is 52.8. The Hall–Kier alpha value is -12.5. The molecule has 0 aromatic heterocycles. The van der Waals surface area contributed by atoms with Crippen molar-refractivity contribution in [3.63, 3.8) is 0 Å². The van der Waals surface area contributed by atoms with Gasteiger partial charge in [-0.15, -0.1) is 12.4 Å². The van der Waals surface area contributed by atoms with E-state index in [0.29, 0.717) is 126 Å². The number of hydrogen-bond donors (Lipinski definition) is 8. The number of nitrogens with zero attached hydrogens (tertiary/aromatic N) is 3. The van der Waals surface area contributed by atoms with Gasteiger partial charge in [-0.3, -0.25) is 19.2 Å². The number of nitrogens with two attached hydrogens (primary N) is 1. The second-order valence-electron chi connectivity index (χ2n) is 36.3. The van der Waals surface area contributed by atoms with Crippen LogP contribution in [-0.2, 0) is 146 Å². The number of carboxylic acid groups (broad SMARTS) is 3. The van der Waals surface area contributed by atoms with Crippen molar-refractivity contribution >= 4 is 78.3 Å². The van der Waals surface area contributed by atoms with Crippen LogP contribution in [0.2, 0.25) is 0 Å². The summed E-state index contributed by atoms with van der Waals surface area (Å²) in [6.45, 7) is 24.7. The molecule has 8 aromatic rings. The van der Waals surface area contributed by atoms with Crippen LogP contribution < -0.4 is 27.0 Å². The number of fused-ring (bicyclic) bond motifs is 8. The molecule has 0 saturated heterocycles. The van der Waals surface area contributed by atoms with E-state index >= 15 is 0 Å². The number of nitrogens with one attached hydrogen (secondary N) is 4. The Morgan fingerprint density at radius 1 is 0.362 bits per heavy atom. The molecule has 0 spiro atoms. The molecular weight excluding hydrogens is 1640 g/mol. The number of rotatable bonds is 13. The number of ether oxygens (including phenoxy) is 5. The summed E-state index contributed by atoms with van der Waals surface area (Å²) in [6.07, 6.45) is 4.36. The molecule has 0 radical (unpaired) electrons. The van der Waals surface area contributed by atoms with Crippen LogP contribution in [0.25, 0.3) is 0 Å². The number of aromatic carboxylic acids is 1. The van der Waals surface area contributed by atoms with Crippen LogP contribution in [0.5, 0.6) is 0 Å². The third kappa shape index (κ3) is 22.7. The molecule has 672 valence electrons. The quantitative estimate of drug-likeness (QED) is 0.0392. The summed E-state index contributed by atoms with van der Waals surface area (Å²) >= 11 is 0. The number of benzene rings is 8. The SMILES string of the molecule is CC(C)(C)OC(=O)N1CCc2c(cccc2C(=O)NC2(C(=O)O)Cc3ccccc3C2)C1.CC(C)(C)OC(=O)N1CCc2c(cccc2C(=O)O)C1.CCOC(=O)C1(N)Cc2ccccc2C1.CCOC(=O)C1(NC(=O)c2cccc3c2CCN(C(=O)OC(C)(C)C)C3)Cc2ccccc2C1.Cl.O=C(NC1(C(=O)O)Cc2ccccc2C1)c1cccc2c1CCNC2. The molecule has 16 rings (SSSR count). The minimum atomic E-state index is -1.36. The minimum Gasteiger partial charge on any atom is -0.479 e. The van der Waals surface area contributed by atoms with Crippen LogP contribution in [-0.4, -0.2) is 174 Å². The fraction of sp³-hybridized carbons (Fsp3) is 0.404. The number of halogens is 1. The predicted molar refractivity (Wildman–Crippen MR) is 478 cm³/mol. The van der Waals surface area contributed by atoms with E-state index in [4.69, 9.17) is 34.5 Å². The molecule has 0 unspecified atom stereocenters. The van der Waals surface area contributed by atoms with E-state index < -0.39 is 68.7 Å². The maximum Gasteiger partial charge on any atom is 0.410 e. The molecule has 0 bridgehead atoms. The zero-order chi connectivity index (χ0) is 90.8. The van der Waals surface area contributed by atoms with Gasteiger partial charge in [-0.25, -0.2) is 33.6 Å². The van der Waals surface area contributed by atoms with E-state index in [1.54, 1.807) is 64.9 Å². The van der Waals surface area contributed by atoms with Crippen molar-refractivity contribution < 1.29 is 91.7 Å². The van der Waals surface area contributed by atoms with Crippen molar-refractivity contribution in [3.8, 4) is 0 Å². The van der Waals surface area contributed by atoms with Crippen LogP contribution in [0, 0.1) is 0 Å². The third-order valence-electron chi connectivity index (χ3n) is 23.5. The van der Waals surface area contributed by atoms with Gasteiger partial charge in [0, 0.05) is 114 Å². The maximum absolute atomic E-state index is 13.5. The Labute approximate surface area is 746 Å². The van der Waals surface area contributed by atoms with Crippen molar-refractivity contribution in [2.45, 2.75) is 218 Å². The fourth-order valence-electron chi connectivity index (χ4n) is 17.5. The minimum absolute atomic E-state index is 0. The van der Waals surface area contributed by atoms with Gasteiger partial charge in [0.25, 0.3) is 17.7 Å². The summed E-state index contributed by atoms with van der Waals surface area (Å²) in [5, 5.41) is 41.0. The normalized spacial score (nSPS) is 16.3. The molecule has 4 heterocycles. The first kappa shape index (κ1) is 95.2. The number of amides is 6. The number of aliphatic carboxylic acids is 2. The van der Waals surface area contributed by atoms with Crippen LogP contribution in [0.1, 0.15) is 207 Å². The lowest BCUT2D eigenvalue weighted by atomic mass is 9.91. The summed E-state index contributed by atoms with van der Waals surface area (Å²) in [7, 11) is 0. The first-order valence-electron chi connectivity index (χ1n) is 42.9. The molecule has 8 aliphatic rings. The van der Waals surface area contributed by atoms with Crippen LogP contribution in [0.3, 0.4) is 0 Å². The average Bonchev–Trinajstić information content (AvgIpc) is 1.63. The summed E-state index contributed by atoms with van der Waals surface area (Å²) in [5.74, 6) is -4.65. The molecule has 8 aromatic carbocycles. The zero-order valence-corrected chi connectivity index (χ0v) is 74.7. The summed E-state index contributed by atoms with van der Waals surface area (Å²) < 4.78 is 26.7. The van der Waals surface area contributed by atoms with Crippen LogP contribution >= 0.6 is 12.4 Å². The standard InChI is InChI=1S/C27H32N2O5.C25H28N2O5.C20H20N2O3.C15H19NO4.C12H15NO2.ClH/c1-5-33-24(31)27(15-18-9-6-7-10-19(18)16-27)28-23(30)22-12-8-11-20-17-29(14-13-21(20)22)25(32)34-26(2,3)4;1-24(2,3)32-23(31)27-12-11-19-18(15-27)9-6-10-20(19)21(28)26-25(22(29)30)13-16-7-4-5-8-17(16)14-25;23-18(17-7-3-6-15-12-21-9-8-16(15)17)22-20(19(24)25)10-13-4-1-2-5-14(13)11-20;1-15(2,3)20-14(19)16-8-7-11-10(9-16)5-4-6-12(11)13(17)18;1-2-15-11(14)12(13)7-9-5-3-4-6-10(9)8-12;/h6-12H,5,13-17H2,1-4H3,(H,28,30);4-10H,11-15H2,1-3H3,(H,26,28)(H,29,30);1-7,21H,8-12H2,(H,22,23)(H,24,25);4-6H,7-9H2,1-3H3,(H,17,18);3-6H,2,7-8,13H2,1H3;1H. The number of esters is 2. The van der Waals surface area contributed by atoms with E-state index in [1.807, 2.05) is 196 Å². The van der Waals surface area contributed by atoms with Crippen molar-refractivity contribution in [2.75, 3.05) is 39.4 Å². The largest absolute Gasteiger partial charge is 0.479 e. The Kier molecular flexibility index (Phi) is 29.7. The van der Waals surface area contributed by atoms with Gasteiger partial charge < -0.3 is 80.7 Å². The number of hydrogen-bond acceptors (Lipinski definition) is 18. The highest BCUT2D eigenvalue weighted by Gasteiger charge is 2.50. The highest BCUT2D eigenvalue weighted by molar-refractivity contribution is 6.02. The lowest BCUT2D eigenvalue weighted by Crippen LogP contribution is -2.56. The molecular formula is C99H115ClN8O19. The van der Waals surface area contributed by atoms with Gasteiger partial charge in [-0.1, -0.05) is 146 Å². The second-order valence-corrected chi connectivity index (χ2v) is 36.3. The van der Waals surface area contributed by atoms with Gasteiger partial charge in [0.1, 0.15) is 39.0 Å². The van der Waals surface area contributed by atoms with Gasteiger partial charge in [-0.2, -0.15) is 0 Å². The van der Waals surface area contributed by atoms with Gasteiger partial charge >= 0.3 is 48.1 Å². The van der Waals surface area contributed by atoms with Gasteiger partial charge in [0.2, 0.25) is 0 Å². The van der Waals surface area contributed by atoms with Crippen LogP contribution in [0.4, 0.5) is 14.4 Å². The highest BCUT2D eigenvalue weighted by atomic mass is 35.5. The molecule has 27 nitrogen and oxygen atoms in total. The third-order valence-corrected chi connectivity index (χ3v) is 23.5. The molecule has 9 N–H and O–H groups in total. The predicted octanol–water partition coefficient (Wildman–Crippen LogP) is 13.0. The van der Waals surface area contributed by atoms with Crippen LogP contribution in [0.15, 0.2) is 170 Å². The summed E-state index contributed by atoms with van der Waals surface area (Å²) in [4.78, 5) is 142. The van der Waals surface area contributed by atoms with Crippen molar-refractivity contribution in [3.05, 3.63) is 281 Å². The molecule has 0 atom stereocenters. The number of carboxylic acids is 3. The Morgan fingerprint density at radius 3 is 0.937 bits per heavy atom. The highest BCUT2D eigenvalue weighted by Crippen LogP contribution is 2.38. The van der Waals surface area contributed by atoms with E-state index in [0.717, 1.165) is 109 Å². The molecule has 6 amide bonds. The maximum atomic E-state index is 13.5. The van der Waals surface area contributed by atoms with Gasteiger partial charge in [0.05, 0.1) is 18.8 Å². The smallest absolute Gasteiger partial charge is 0.410 e. The van der Waals surface area contributed by atoms with Crippen molar-refractivity contribution in [1.82, 2.24) is 36.0 Å². The topological polar surface area (TPSA) is 378 Å². The number of carbonyl (C=O) groups excluding carboxylic acids is 8. The molecule has 0 saturated carbocycles. The van der Waals surface area contributed by atoms with E-state index in [9.17, 15) is 63.0 Å². The Morgan fingerprint density at radius 2 is 0.630 bits per heavy atom. The van der Waals surface area contributed by atoms with Crippen molar-refractivity contribution in [2.24, 2.45) is 5.73 Å². The molecule has 0 fully saturated rings. The van der Waals surface area contributed by atoms with E-state index in [-0.39, 0.29) is 67.9 Å². The van der Waals surface area contributed by atoms with E-state index in [2.05, 4.69) is 21.3 Å². The fourth-order valence-corrected chi connectivity index (χ4v) is 17.5. The van der Waals surface area contributed by atoms with Gasteiger partial charge in [-0.05, 0) is 222 Å². The first-order chi connectivity index (χ1) is 59.7. The zero-order valence-electron chi connectivity index (χ0n) is 73.9. The van der Waals surface area contributed by atoms with Gasteiger partial charge in [0.15, 0.2) is 0 Å². The lowest BCUT2D eigenvalue weighted by molar-refractivity contribution is -0.150. The lowest BCUT2D eigenvalue weighted by Gasteiger charge is -2.32. The Bertz CT molecular complexity index is 5410. The number of carbonyl (C=O) groups is 11. The molecule has 28 heteroatoms. The monoisotopic (exact) mass is 1750 g/mol.